The van der Waals surface area contributed by atoms with Crippen molar-refractivity contribution >= 4 is 17.6 Å². The summed E-state index contributed by atoms with van der Waals surface area (Å²) >= 11 is 0. The maximum absolute atomic E-state index is 11.9. The van der Waals surface area contributed by atoms with Crippen molar-refractivity contribution in [3.05, 3.63) is 17.2 Å². The number of carbonyl (C=O) groups is 2. The Hall–Kier alpha value is -2.44. The summed E-state index contributed by atoms with van der Waals surface area (Å²) < 4.78 is 19.8. The van der Waals surface area contributed by atoms with Gasteiger partial charge in [-0.2, -0.15) is 0 Å². The number of rotatable bonds is 5. The van der Waals surface area contributed by atoms with Crippen LogP contribution in [0, 0.1) is 0 Å². The second-order valence-corrected chi connectivity index (χ2v) is 3.66. The topological polar surface area (TPSA) is 97.1 Å². The van der Waals surface area contributed by atoms with Crippen LogP contribution in [0.25, 0.3) is 0 Å². The number of esters is 2. The number of hydrogen-bond acceptors (Lipinski definition) is 7. The molecule has 0 unspecified atom stereocenters. The zero-order valence-corrected chi connectivity index (χ0v) is 11.8. The molecule has 110 valence electrons. The molecule has 0 radical (unpaired) electrons. The largest absolute Gasteiger partial charge is 0.493 e. The van der Waals surface area contributed by atoms with Gasteiger partial charge in [0.2, 0.25) is 0 Å². The van der Waals surface area contributed by atoms with Crippen LogP contribution in [0.1, 0.15) is 27.6 Å². The van der Waals surface area contributed by atoms with Gasteiger partial charge in [0.25, 0.3) is 0 Å². The van der Waals surface area contributed by atoms with E-state index in [1.54, 1.807) is 6.92 Å². The molecule has 20 heavy (non-hydrogen) atoms. The van der Waals surface area contributed by atoms with Crippen molar-refractivity contribution in [2.45, 2.75) is 6.92 Å². The summed E-state index contributed by atoms with van der Waals surface area (Å²) in [6, 6.07) is 1.39. The van der Waals surface area contributed by atoms with Gasteiger partial charge in [-0.15, -0.1) is 0 Å². The Kier molecular flexibility index (Phi) is 5.19. The lowest BCUT2D eigenvalue weighted by Gasteiger charge is -2.17. The molecular formula is C13H17NO6. The number of hydrogen-bond donors (Lipinski definition) is 1. The second kappa shape index (κ2) is 6.65. The second-order valence-electron chi connectivity index (χ2n) is 3.66. The molecule has 0 aliphatic rings. The minimum atomic E-state index is -0.764. The van der Waals surface area contributed by atoms with Crippen LogP contribution in [0.4, 0.5) is 5.69 Å². The van der Waals surface area contributed by atoms with Crippen molar-refractivity contribution in [3.63, 3.8) is 0 Å². The van der Waals surface area contributed by atoms with Crippen LogP contribution in [0.3, 0.4) is 0 Å². The SMILES string of the molecule is CCOc1c(OC)cc(N)c(C(=O)OC)c1C(=O)OC. The van der Waals surface area contributed by atoms with E-state index in [1.807, 2.05) is 0 Å². The zero-order valence-electron chi connectivity index (χ0n) is 11.8. The molecule has 0 saturated carbocycles. The van der Waals surface area contributed by atoms with Crippen molar-refractivity contribution in [1.29, 1.82) is 0 Å². The number of nitrogen functional groups attached to an aromatic ring is 1. The maximum Gasteiger partial charge on any atom is 0.342 e. The van der Waals surface area contributed by atoms with Crippen LogP contribution in [-0.2, 0) is 9.47 Å². The van der Waals surface area contributed by atoms with Crippen LogP contribution in [-0.4, -0.2) is 39.9 Å². The van der Waals surface area contributed by atoms with E-state index in [9.17, 15) is 9.59 Å². The third kappa shape index (κ3) is 2.76. The van der Waals surface area contributed by atoms with E-state index in [0.29, 0.717) is 0 Å². The van der Waals surface area contributed by atoms with Crippen molar-refractivity contribution in [2.75, 3.05) is 33.7 Å². The highest BCUT2D eigenvalue weighted by molar-refractivity contribution is 6.09. The van der Waals surface area contributed by atoms with Crippen molar-refractivity contribution < 1.29 is 28.5 Å². The first-order valence-electron chi connectivity index (χ1n) is 5.81. The van der Waals surface area contributed by atoms with Gasteiger partial charge in [-0.1, -0.05) is 0 Å². The summed E-state index contributed by atoms with van der Waals surface area (Å²) in [6.45, 7) is 2.00. The summed E-state index contributed by atoms with van der Waals surface area (Å²) in [7, 11) is 3.78. The molecule has 0 spiro atoms. The molecular weight excluding hydrogens is 266 g/mol. The average Bonchev–Trinajstić information content (AvgIpc) is 2.46. The highest BCUT2D eigenvalue weighted by Gasteiger charge is 2.29. The maximum atomic E-state index is 11.9. The van der Waals surface area contributed by atoms with Crippen molar-refractivity contribution in [1.82, 2.24) is 0 Å². The quantitative estimate of drug-likeness (QED) is 0.641. The predicted octanol–water partition coefficient (Wildman–Crippen LogP) is 1.25. The molecule has 1 aromatic carbocycles. The molecule has 0 amide bonds. The van der Waals surface area contributed by atoms with Crippen molar-refractivity contribution in [3.8, 4) is 11.5 Å². The molecule has 1 rings (SSSR count). The molecule has 7 heteroatoms. The molecule has 0 aromatic heterocycles. The van der Waals surface area contributed by atoms with Gasteiger partial charge in [-0.25, -0.2) is 9.59 Å². The molecule has 0 aliphatic heterocycles. The van der Waals surface area contributed by atoms with Gasteiger partial charge in [-0.05, 0) is 6.92 Å². The van der Waals surface area contributed by atoms with E-state index in [0.717, 1.165) is 0 Å². The highest BCUT2D eigenvalue weighted by atomic mass is 16.5. The standard InChI is InChI=1S/C13H17NO6/c1-5-20-11-8(17-2)6-7(14)9(12(15)18-3)10(11)13(16)19-4/h6H,5,14H2,1-4H3. The van der Waals surface area contributed by atoms with Gasteiger partial charge in [0.05, 0.1) is 33.6 Å². The minimum absolute atomic E-state index is 0.0394. The molecule has 0 atom stereocenters. The molecule has 0 bridgehead atoms. The Morgan fingerprint density at radius 1 is 1.10 bits per heavy atom. The Balaban J connectivity index is 3.69. The Labute approximate surface area is 116 Å². The molecule has 2 N–H and O–H groups in total. The van der Waals surface area contributed by atoms with Gasteiger partial charge >= 0.3 is 11.9 Å². The minimum Gasteiger partial charge on any atom is -0.493 e. The van der Waals surface area contributed by atoms with E-state index in [1.165, 1.54) is 27.4 Å². The molecule has 0 fully saturated rings. The lowest BCUT2D eigenvalue weighted by atomic mass is 10.0. The van der Waals surface area contributed by atoms with Crippen LogP contribution in [0.5, 0.6) is 11.5 Å². The first-order valence-corrected chi connectivity index (χ1v) is 5.81. The van der Waals surface area contributed by atoms with Crippen LogP contribution < -0.4 is 15.2 Å². The summed E-state index contributed by atoms with van der Waals surface area (Å²) in [5.41, 5.74) is 5.61. The van der Waals surface area contributed by atoms with E-state index >= 15 is 0 Å². The zero-order chi connectivity index (χ0) is 15.3. The number of benzene rings is 1. The summed E-state index contributed by atoms with van der Waals surface area (Å²) in [5.74, 6) is -1.19. The van der Waals surface area contributed by atoms with E-state index in [2.05, 4.69) is 9.47 Å². The van der Waals surface area contributed by atoms with E-state index in [4.69, 9.17) is 15.2 Å². The number of carbonyl (C=O) groups excluding carboxylic acids is 2. The number of nitrogens with two attached hydrogens (primary N) is 1. The molecule has 7 nitrogen and oxygen atoms in total. The number of ether oxygens (including phenoxy) is 4. The Morgan fingerprint density at radius 3 is 2.10 bits per heavy atom. The van der Waals surface area contributed by atoms with Gasteiger partial charge in [-0.3, -0.25) is 0 Å². The average molecular weight is 283 g/mol. The van der Waals surface area contributed by atoms with E-state index in [-0.39, 0.29) is 34.9 Å². The van der Waals surface area contributed by atoms with Crippen LogP contribution in [0.15, 0.2) is 6.07 Å². The summed E-state index contributed by atoms with van der Waals surface area (Å²) in [6.07, 6.45) is 0. The lowest BCUT2D eigenvalue weighted by molar-refractivity contribution is 0.0551. The van der Waals surface area contributed by atoms with Gasteiger partial charge in [0.1, 0.15) is 11.1 Å². The highest BCUT2D eigenvalue weighted by Crippen LogP contribution is 2.38. The Morgan fingerprint density at radius 2 is 1.65 bits per heavy atom. The summed E-state index contributed by atoms with van der Waals surface area (Å²) in [5, 5.41) is 0. The first kappa shape index (κ1) is 15.6. The third-order valence-corrected chi connectivity index (χ3v) is 2.56. The fourth-order valence-electron chi connectivity index (χ4n) is 1.72. The van der Waals surface area contributed by atoms with Gasteiger partial charge in [0, 0.05) is 6.07 Å². The Bertz CT molecular complexity index is 526. The van der Waals surface area contributed by atoms with E-state index < -0.39 is 11.9 Å². The number of methoxy groups -OCH3 is 3. The fourth-order valence-corrected chi connectivity index (χ4v) is 1.72. The van der Waals surface area contributed by atoms with Crippen LogP contribution in [0.2, 0.25) is 0 Å². The molecule has 1 aromatic rings. The molecule has 0 saturated heterocycles. The monoisotopic (exact) mass is 283 g/mol. The molecule has 0 heterocycles. The first-order chi connectivity index (χ1) is 9.51. The normalized spacial score (nSPS) is 9.80. The van der Waals surface area contributed by atoms with Gasteiger partial charge in [0.15, 0.2) is 11.5 Å². The predicted molar refractivity (Wildman–Crippen MR) is 71.3 cm³/mol. The lowest BCUT2D eigenvalue weighted by Crippen LogP contribution is -2.17. The smallest absolute Gasteiger partial charge is 0.342 e. The number of anilines is 1. The van der Waals surface area contributed by atoms with Gasteiger partial charge < -0.3 is 24.7 Å². The van der Waals surface area contributed by atoms with Crippen molar-refractivity contribution in [2.24, 2.45) is 0 Å². The third-order valence-electron chi connectivity index (χ3n) is 2.56. The van der Waals surface area contributed by atoms with Crippen LogP contribution >= 0.6 is 0 Å². The summed E-state index contributed by atoms with van der Waals surface area (Å²) in [4.78, 5) is 23.8. The molecule has 0 aliphatic carbocycles. The fraction of sp³-hybridized carbons (Fsp3) is 0.385.